The number of carbonyl (C=O) groups is 1. The van der Waals surface area contributed by atoms with Gasteiger partial charge in [0.1, 0.15) is 0 Å². The van der Waals surface area contributed by atoms with E-state index in [-0.39, 0.29) is 16.1 Å². The van der Waals surface area contributed by atoms with Crippen molar-refractivity contribution in [2.45, 2.75) is 28.4 Å². The topological polar surface area (TPSA) is 75.3 Å². The molecule has 0 radical (unpaired) electrons. The first-order valence-corrected chi connectivity index (χ1v) is 13.4. The van der Waals surface area contributed by atoms with E-state index in [4.69, 9.17) is 11.6 Å². The summed E-state index contributed by atoms with van der Waals surface area (Å²) >= 11 is 7.39. The summed E-state index contributed by atoms with van der Waals surface area (Å²) in [5.41, 5.74) is 1.05. The van der Waals surface area contributed by atoms with Crippen molar-refractivity contribution < 1.29 is 13.2 Å². The van der Waals surface area contributed by atoms with Crippen LogP contribution >= 0.6 is 23.4 Å². The molecule has 2 N–H and O–H groups in total. The molecule has 0 saturated carbocycles. The van der Waals surface area contributed by atoms with Crippen molar-refractivity contribution >= 4 is 61.4 Å². The summed E-state index contributed by atoms with van der Waals surface area (Å²) in [6.07, 6.45) is 0.639. The van der Waals surface area contributed by atoms with Crippen LogP contribution in [0.15, 0.2) is 101 Å². The number of sulfonamides is 1. The molecule has 1 amide bonds. The highest BCUT2D eigenvalue weighted by atomic mass is 35.5. The van der Waals surface area contributed by atoms with E-state index in [0.29, 0.717) is 22.8 Å². The minimum Gasteiger partial charge on any atom is -0.325 e. The molecule has 4 rings (SSSR count). The lowest BCUT2D eigenvalue weighted by Crippen LogP contribution is -2.24. The molecule has 34 heavy (non-hydrogen) atoms. The van der Waals surface area contributed by atoms with Crippen LogP contribution in [-0.2, 0) is 14.8 Å². The Morgan fingerprint density at radius 3 is 2.29 bits per heavy atom. The van der Waals surface area contributed by atoms with Gasteiger partial charge in [0.05, 0.1) is 15.8 Å². The second kappa shape index (κ2) is 10.5. The molecule has 174 valence electrons. The molecule has 1 unspecified atom stereocenters. The summed E-state index contributed by atoms with van der Waals surface area (Å²) in [6, 6.07) is 26.5. The number of fused-ring (bicyclic) bond motifs is 1. The van der Waals surface area contributed by atoms with Crippen LogP contribution in [0.2, 0.25) is 5.02 Å². The van der Waals surface area contributed by atoms with Gasteiger partial charge < -0.3 is 5.32 Å². The van der Waals surface area contributed by atoms with Gasteiger partial charge in [0, 0.05) is 21.0 Å². The average Bonchev–Trinajstić information content (AvgIpc) is 2.84. The van der Waals surface area contributed by atoms with Crippen LogP contribution in [0.4, 0.5) is 11.4 Å². The standard InChI is InChI=1S/C26H23ClN2O3S2/c1-2-25(33-21-14-10-19(27)11-15-21)26(30)28-20-12-16-22(17-13-20)34(31,32)29-24-9-5-7-18-6-3-4-8-23(18)24/h3-17,25,29H,2H2,1H3,(H,28,30). The van der Waals surface area contributed by atoms with Crippen molar-refractivity contribution in [1.82, 2.24) is 0 Å². The van der Waals surface area contributed by atoms with Crippen LogP contribution in [0.25, 0.3) is 10.8 Å². The lowest BCUT2D eigenvalue weighted by Gasteiger charge is -2.15. The summed E-state index contributed by atoms with van der Waals surface area (Å²) < 4.78 is 28.6. The van der Waals surface area contributed by atoms with Gasteiger partial charge in [-0.2, -0.15) is 0 Å². The number of hydrogen-bond donors (Lipinski definition) is 2. The van der Waals surface area contributed by atoms with Crippen molar-refractivity contribution in [3.8, 4) is 0 Å². The van der Waals surface area contributed by atoms with Gasteiger partial charge in [0.2, 0.25) is 5.91 Å². The Bertz CT molecular complexity index is 1400. The van der Waals surface area contributed by atoms with Crippen molar-refractivity contribution in [3.05, 3.63) is 96.0 Å². The van der Waals surface area contributed by atoms with Crippen molar-refractivity contribution in [2.75, 3.05) is 10.0 Å². The molecule has 0 bridgehead atoms. The van der Waals surface area contributed by atoms with E-state index in [2.05, 4.69) is 10.0 Å². The summed E-state index contributed by atoms with van der Waals surface area (Å²) in [7, 11) is -3.79. The van der Waals surface area contributed by atoms with Gasteiger partial charge in [-0.25, -0.2) is 8.42 Å². The molecule has 8 heteroatoms. The van der Waals surface area contributed by atoms with Gasteiger partial charge in [-0.15, -0.1) is 11.8 Å². The molecular weight excluding hydrogens is 488 g/mol. The SMILES string of the molecule is CCC(Sc1ccc(Cl)cc1)C(=O)Nc1ccc(S(=O)(=O)Nc2cccc3ccccc23)cc1. The lowest BCUT2D eigenvalue weighted by atomic mass is 10.1. The Balaban J connectivity index is 1.45. The molecule has 4 aromatic rings. The van der Waals surface area contributed by atoms with Crippen LogP contribution in [0, 0.1) is 0 Å². The van der Waals surface area contributed by atoms with Crippen LogP contribution in [0.3, 0.4) is 0 Å². The number of benzene rings is 4. The third-order valence-corrected chi connectivity index (χ3v) is 8.23. The minimum absolute atomic E-state index is 0.112. The van der Waals surface area contributed by atoms with E-state index in [9.17, 15) is 13.2 Å². The van der Waals surface area contributed by atoms with E-state index in [1.54, 1.807) is 30.3 Å². The molecule has 0 spiro atoms. The molecule has 1 atom stereocenters. The van der Waals surface area contributed by atoms with Gasteiger partial charge in [-0.1, -0.05) is 54.9 Å². The van der Waals surface area contributed by atoms with Crippen molar-refractivity contribution in [3.63, 3.8) is 0 Å². The second-order valence-corrected chi connectivity index (χ2v) is 11.0. The summed E-state index contributed by atoms with van der Waals surface area (Å²) in [5, 5.41) is 4.99. The Hall–Kier alpha value is -3.00. The molecule has 0 aliphatic carbocycles. The van der Waals surface area contributed by atoms with E-state index in [1.807, 2.05) is 55.5 Å². The summed E-state index contributed by atoms with van der Waals surface area (Å²) in [4.78, 5) is 13.8. The number of anilines is 2. The molecule has 5 nitrogen and oxygen atoms in total. The van der Waals surface area contributed by atoms with Gasteiger partial charge in [0.15, 0.2) is 0 Å². The molecule has 4 aromatic carbocycles. The first-order valence-electron chi connectivity index (χ1n) is 10.7. The number of carbonyl (C=O) groups excluding carboxylic acids is 1. The van der Waals surface area contributed by atoms with E-state index in [0.717, 1.165) is 15.7 Å². The quantitative estimate of drug-likeness (QED) is 0.255. The minimum atomic E-state index is -3.79. The third kappa shape index (κ3) is 5.73. The highest BCUT2D eigenvalue weighted by Crippen LogP contribution is 2.29. The maximum atomic E-state index is 12.9. The molecule has 0 fully saturated rings. The predicted octanol–water partition coefficient (Wildman–Crippen LogP) is 6.80. The van der Waals surface area contributed by atoms with Gasteiger partial charge >= 0.3 is 0 Å². The number of hydrogen-bond acceptors (Lipinski definition) is 4. The fraction of sp³-hybridized carbons (Fsp3) is 0.115. The molecule has 0 aliphatic heterocycles. The van der Waals surface area contributed by atoms with Crippen molar-refractivity contribution in [1.29, 1.82) is 0 Å². The molecule has 0 heterocycles. The van der Waals surface area contributed by atoms with Crippen molar-refractivity contribution in [2.24, 2.45) is 0 Å². The number of rotatable bonds is 8. The predicted molar refractivity (Wildman–Crippen MR) is 141 cm³/mol. The first kappa shape index (κ1) is 24.1. The highest BCUT2D eigenvalue weighted by molar-refractivity contribution is 8.00. The van der Waals surface area contributed by atoms with E-state index >= 15 is 0 Å². The number of amides is 1. The summed E-state index contributed by atoms with van der Waals surface area (Å²) in [5.74, 6) is -0.146. The lowest BCUT2D eigenvalue weighted by molar-refractivity contribution is -0.115. The fourth-order valence-electron chi connectivity index (χ4n) is 3.46. The zero-order valence-electron chi connectivity index (χ0n) is 18.4. The van der Waals surface area contributed by atoms with E-state index < -0.39 is 10.0 Å². The number of halogens is 1. The van der Waals surface area contributed by atoms with Crippen LogP contribution in [0.1, 0.15) is 13.3 Å². The Labute approximate surface area is 208 Å². The van der Waals surface area contributed by atoms with Gasteiger partial charge in [0.25, 0.3) is 10.0 Å². The van der Waals surface area contributed by atoms with Gasteiger partial charge in [-0.05, 0) is 66.4 Å². The summed E-state index contributed by atoms with van der Waals surface area (Å²) in [6.45, 7) is 1.95. The molecule has 0 aromatic heterocycles. The van der Waals surface area contributed by atoms with Crippen LogP contribution in [-0.4, -0.2) is 19.6 Å². The second-order valence-electron chi connectivity index (χ2n) is 7.61. The van der Waals surface area contributed by atoms with Crippen LogP contribution < -0.4 is 10.0 Å². The highest BCUT2D eigenvalue weighted by Gasteiger charge is 2.19. The maximum Gasteiger partial charge on any atom is 0.261 e. The maximum absolute atomic E-state index is 12.9. The Kier molecular flexibility index (Phi) is 7.46. The largest absolute Gasteiger partial charge is 0.325 e. The zero-order chi connectivity index (χ0) is 24.1. The average molecular weight is 511 g/mol. The Morgan fingerprint density at radius 1 is 0.912 bits per heavy atom. The number of nitrogens with one attached hydrogen (secondary N) is 2. The monoisotopic (exact) mass is 510 g/mol. The Morgan fingerprint density at radius 2 is 1.59 bits per heavy atom. The molecule has 0 aliphatic rings. The normalized spacial score (nSPS) is 12.3. The van der Waals surface area contributed by atoms with Gasteiger partial charge in [-0.3, -0.25) is 9.52 Å². The smallest absolute Gasteiger partial charge is 0.261 e. The zero-order valence-corrected chi connectivity index (χ0v) is 20.8. The third-order valence-electron chi connectivity index (χ3n) is 5.22. The van der Waals surface area contributed by atoms with E-state index in [1.165, 1.54) is 23.9 Å². The molecule has 0 saturated heterocycles. The number of thioether (sulfide) groups is 1. The molecular formula is C26H23ClN2O3S2. The van der Waals surface area contributed by atoms with Crippen LogP contribution in [0.5, 0.6) is 0 Å². The first-order chi connectivity index (χ1) is 16.4. The fourth-order valence-corrected chi connectivity index (χ4v) is 5.62.